The first kappa shape index (κ1) is 35.3. The zero-order valence-corrected chi connectivity index (χ0v) is 24.8. The standard InChI is InChI=1S/C29H59NO5S/c1-4-6-7-8-9-10-11-12-13-14-15-16-17-18-19-20-21-22-23-25-28(31)30-27-24-26-29(3,5-2)35-36(32,33)34/h4-27H2,1-3H3,(H,30,31)(H,32,33,34). The van der Waals surface area contributed by atoms with Gasteiger partial charge >= 0.3 is 10.4 Å². The second kappa shape index (κ2) is 23.5. The molecule has 1 amide bonds. The third kappa shape index (κ3) is 25.0. The first-order valence-corrected chi connectivity index (χ1v) is 16.5. The van der Waals surface area contributed by atoms with Crippen molar-refractivity contribution in [1.29, 1.82) is 0 Å². The van der Waals surface area contributed by atoms with E-state index in [-0.39, 0.29) is 5.91 Å². The molecule has 0 aromatic rings. The minimum Gasteiger partial charge on any atom is -0.356 e. The van der Waals surface area contributed by atoms with E-state index in [2.05, 4.69) is 12.2 Å². The molecule has 0 aliphatic carbocycles. The monoisotopic (exact) mass is 533 g/mol. The topological polar surface area (TPSA) is 92.7 Å². The molecular formula is C29H59NO5S. The lowest BCUT2D eigenvalue weighted by Gasteiger charge is -2.26. The van der Waals surface area contributed by atoms with Crippen LogP contribution in [-0.4, -0.2) is 31.0 Å². The Balaban J connectivity index is 3.38. The molecular weight excluding hydrogens is 474 g/mol. The van der Waals surface area contributed by atoms with Crippen LogP contribution in [0.5, 0.6) is 0 Å². The molecule has 0 fully saturated rings. The summed E-state index contributed by atoms with van der Waals surface area (Å²) in [5.41, 5.74) is -0.939. The number of carbonyl (C=O) groups excluding carboxylic acids is 1. The van der Waals surface area contributed by atoms with Crippen molar-refractivity contribution < 1.29 is 21.9 Å². The molecule has 0 radical (unpaired) electrons. The van der Waals surface area contributed by atoms with E-state index in [4.69, 9.17) is 8.74 Å². The normalized spacial score (nSPS) is 13.6. The number of hydrogen-bond donors (Lipinski definition) is 2. The molecule has 1 atom stereocenters. The maximum atomic E-state index is 12.0. The van der Waals surface area contributed by atoms with E-state index in [1.54, 1.807) is 6.92 Å². The van der Waals surface area contributed by atoms with Gasteiger partial charge in [-0.3, -0.25) is 9.35 Å². The van der Waals surface area contributed by atoms with Gasteiger partial charge in [-0.15, -0.1) is 0 Å². The van der Waals surface area contributed by atoms with E-state index in [1.165, 1.54) is 109 Å². The lowest BCUT2D eigenvalue weighted by Crippen LogP contribution is -2.32. The Kier molecular flexibility index (Phi) is 23.0. The van der Waals surface area contributed by atoms with Crippen LogP contribution in [0, 0.1) is 0 Å². The number of amides is 1. The van der Waals surface area contributed by atoms with Gasteiger partial charge in [0.2, 0.25) is 5.91 Å². The van der Waals surface area contributed by atoms with E-state index in [1.807, 2.05) is 6.92 Å². The van der Waals surface area contributed by atoms with Crippen molar-refractivity contribution in [3.05, 3.63) is 0 Å². The van der Waals surface area contributed by atoms with Crippen molar-refractivity contribution in [3.8, 4) is 0 Å². The van der Waals surface area contributed by atoms with Gasteiger partial charge in [0.1, 0.15) is 0 Å². The van der Waals surface area contributed by atoms with Crippen molar-refractivity contribution in [2.75, 3.05) is 6.54 Å². The van der Waals surface area contributed by atoms with Gasteiger partial charge in [-0.25, -0.2) is 4.18 Å². The van der Waals surface area contributed by atoms with E-state index in [0.29, 0.717) is 32.2 Å². The van der Waals surface area contributed by atoms with Crippen LogP contribution in [0.2, 0.25) is 0 Å². The molecule has 216 valence electrons. The largest absolute Gasteiger partial charge is 0.397 e. The van der Waals surface area contributed by atoms with E-state index in [0.717, 1.165) is 12.8 Å². The maximum absolute atomic E-state index is 12.0. The number of hydrogen-bond acceptors (Lipinski definition) is 4. The summed E-state index contributed by atoms with van der Waals surface area (Å²) in [5, 5.41) is 2.89. The van der Waals surface area contributed by atoms with Gasteiger partial charge in [0, 0.05) is 13.0 Å². The quantitative estimate of drug-likeness (QED) is 0.0813. The molecule has 0 aromatic heterocycles. The number of rotatable bonds is 27. The van der Waals surface area contributed by atoms with Crippen molar-refractivity contribution >= 4 is 16.3 Å². The Bertz CT molecular complexity index is 611. The maximum Gasteiger partial charge on any atom is 0.397 e. The van der Waals surface area contributed by atoms with Crippen molar-refractivity contribution in [2.45, 2.75) is 174 Å². The highest BCUT2D eigenvalue weighted by Gasteiger charge is 2.28. The van der Waals surface area contributed by atoms with Gasteiger partial charge in [-0.2, -0.15) is 8.42 Å². The predicted octanol–water partition coefficient (Wildman–Crippen LogP) is 8.69. The Morgan fingerprint density at radius 2 is 1.08 bits per heavy atom. The predicted molar refractivity (Wildman–Crippen MR) is 152 cm³/mol. The molecule has 36 heavy (non-hydrogen) atoms. The summed E-state index contributed by atoms with van der Waals surface area (Å²) in [6, 6.07) is 0. The first-order valence-electron chi connectivity index (χ1n) is 15.2. The highest BCUT2D eigenvalue weighted by Crippen LogP contribution is 2.23. The van der Waals surface area contributed by atoms with Gasteiger partial charge in [0.15, 0.2) is 0 Å². The van der Waals surface area contributed by atoms with E-state index >= 15 is 0 Å². The summed E-state index contributed by atoms with van der Waals surface area (Å²) < 4.78 is 35.6. The van der Waals surface area contributed by atoms with Crippen LogP contribution in [0.1, 0.15) is 168 Å². The van der Waals surface area contributed by atoms with E-state index in [9.17, 15) is 13.2 Å². The summed E-state index contributed by atoms with van der Waals surface area (Å²) in [7, 11) is -4.47. The van der Waals surface area contributed by atoms with Gasteiger partial charge in [0.05, 0.1) is 5.60 Å². The molecule has 0 saturated heterocycles. The second-order valence-electron chi connectivity index (χ2n) is 10.9. The number of carbonyl (C=O) groups is 1. The van der Waals surface area contributed by atoms with Crippen LogP contribution < -0.4 is 5.32 Å². The van der Waals surface area contributed by atoms with Crippen LogP contribution in [-0.2, 0) is 19.4 Å². The minimum atomic E-state index is -4.47. The molecule has 0 bridgehead atoms. The van der Waals surface area contributed by atoms with Crippen molar-refractivity contribution in [3.63, 3.8) is 0 Å². The van der Waals surface area contributed by atoms with E-state index < -0.39 is 16.0 Å². The molecule has 6 nitrogen and oxygen atoms in total. The summed E-state index contributed by atoms with van der Waals surface area (Å²) in [6.07, 6.45) is 27.5. The summed E-state index contributed by atoms with van der Waals surface area (Å²) in [6.45, 7) is 6.23. The molecule has 0 spiro atoms. The fourth-order valence-electron chi connectivity index (χ4n) is 4.67. The van der Waals surface area contributed by atoms with Crippen LogP contribution in [0.3, 0.4) is 0 Å². The zero-order valence-electron chi connectivity index (χ0n) is 24.0. The fraction of sp³-hybridized carbons (Fsp3) is 0.966. The smallest absolute Gasteiger partial charge is 0.356 e. The fourth-order valence-corrected chi connectivity index (χ4v) is 5.38. The number of unbranched alkanes of at least 4 members (excludes halogenated alkanes) is 18. The van der Waals surface area contributed by atoms with Gasteiger partial charge < -0.3 is 5.32 Å². The molecule has 0 aliphatic heterocycles. The summed E-state index contributed by atoms with van der Waals surface area (Å²) in [4.78, 5) is 12.0. The zero-order chi connectivity index (χ0) is 27.0. The molecule has 2 N–H and O–H groups in total. The van der Waals surface area contributed by atoms with Gasteiger partial charge in [-0.05, 0) is 32.6 Å². The summed E-state index contributed by atoms with van der Waals surface area (Å²) in [5.74, 6) is 0.0517. The number of nitrogens with one attached hydrogen (secondary N) is 1. The van der Waals surface area contributed by atoms with Crippen LogP contribution in [0.25, 0.3) is 0 Å². The molecule has 7 heteroatoms. The van der Waals surface area contributed by atoms with Crippen LogP contribution in [0.15, 0.2) is 0 Å². The minimum absolute atomic E-state index is 0.0517. The van der Waals surface area contributed by atoms with Crippen molar-refractivity contribution in [1.82, 2.24) is 5.32 Å². The first-order chi connectivity index (χ1) is 17.2. The lowest BCUT2D eigenvalue weighted by atomic mass is 9.97. The average molecular weight is 534 g/mol. The second-order valence-corrected chi connectivity index (χ2v) is 11.9. The Labute approximate surface area is 224 Å². The molecule has 0 heterocycles. The summed E-state index contributed by atoms with van der Waals surface area (Å²) >= 11 is 0. The third-order valence-corrected chi connectivity index (χ3v) is 7.88. The SMILES string of the molecule is CCCCCCCCCCCCCCCCCCCCCC(=O)NCCCC(C)(CC)OS(=O)(=O)O. The van der Waals surface area contributed by atoms with Crippen molar-refractivity contribution in [2.24, 2.45) is 0 Å². The average Bonchev–Trinajstić information content (AvgIpc) is 2.82. The highest BCUT2D eigenvalue weighted by molar-refractivity contribution is 7.80. The lowest BCUT2D eigenvalue weighted by molar-refractivity contribution is -0.121. The van der Waals surface area contributed by atoms with Gasteiger partial charge in [-0.1, -0.05) is 129 Å². The molecule has 0 saturated carbocycles. The Morgan fingerprint density at radius 3 is 1.44 bits per heavy atom. The third-order valence-electron chi connectivity index (χ3n) is 7.27. The molecule has 0 aliphatic rings. The highest BCUT2D eigenvalue weighted by atomic mass is 32.3. The van der Waals surface area contributed by atoms with Gasteiger partial charge in [0.25, 0.3) is 0 Å². The Morgan fingerprint density at radius 1 is 0.694 bits per heavy atom. The Hall–Kier alpha value is -0.660. The molecule has 0 rings (SSSR count). The molecule has 1 unspecified atom stereocenters. The van der Waals surface area contributed by atoms with Crippen LogP contribution >= 0.6 is 0 Å². The van der Waals surface area contributed by atoms with Crippen LogP contribution in [0.4, 0.5) is 0 Å². The molecule has 0 aromatic carbocycles.